The minimum absolute atomic E-state index is 0.327. The van der Waals surface area contributed by atoms with E-state index in [0.29, 0.717) is 16.4 Å². The highest BCUT2D eigenvalue weighted by Gasteiger charge is 2.03. The number of halogens is 1. The van der Waals surface area contributed by atoms with Gasteiger partial charge in [0.15, 0.2) is 0 Å². The third-order valence-electron chi connectivity index (χ3n) is 1.30. The van der Waals surface area contributed by atoms with Gasteiger partial charge in [0.1, 0.15) is 0 Å². The van der Waals surface area contributed by atoms with Crippen LogP contribution in [0.3, 0.4) is 0 Å². The zero-order valence-electron chi connectivity index (χ0n) is 6.91. The van der Waals surface area contributed by atoms with Crippen molar-refractivity contribution in [1.82, 2.24) is 0 Å². The predicted molar refractivity (Wildman–Crippen MR) is 54.3 cm³/mol. The Morgan fingerprint density at radius 3 is 2.54 bits per heavy atom. The predicted octanol–water partition coefficient (Wildman–Crippen LogP) is 1.29. The standard InChI is InChI=1S/C7H9ClN2O2S/c1-13(11,12)10-5-2-3-7(9)6(8)4-5/h2-4,10H,9H2,1H3. The van der Waals surface area contributed by atoms with Crippen LogP contribution in [0.5, 0.6) is 0 Å². The van der Waals surface area contributed by atoms with Gasteiger partial charge in [-0.05, 0) is 18.2 Å². The Hall–Kier alpha value is -0.940. The molecule has 0 heterocycles. The summed E-state index contributed by atoms with van der Waals surface area (Å²) in [6.07, 6.45) is 1.07. The first-order chi connectivity index (χ1) is 5.88. The van der Waals surface area contributed by atoms with E-state index < -0.39 is 10.0 Å². The Morgan fingerprint density at radius 2 is 2.08 bits per heavy atom. The molecule has 1 rings (SSSR count). The Bertz CT molecular complexity index is 417. The number of sulfonamides is 1. The zero-order chi connectivity index (χ0) is 10.1. The maximum atomic E-state index is 10.8. The number of anilines is 2. The van der Waals surface area contributed by atoms with E-state index in [1.54, 1.807) is 6.07 Å². The fourth-order valence-corrected chi connectivity index (χ4v) is 1.54. The fourth-order valence-electron chi connectivity index (χ4n) is 0.805. The maximum absolute atomic E-state index is 10.8. The van der Waals surface area contributed by atoms with Gasteiger partial charge in [-0.25, -0.2) is 8.42 Å². The molecule has 0 fully saturated rings. The minimum Gasteiger partial charge on any atom is -0.398 e. The quantitative estimate of drug-likeness (QED) is 0.738. The van der Waals surface area contributed by atoms with Gasteiger partial charge in [-0.15, -0.1) is 0 Å². The van der Waals surface area contributed by atoms with Crippen molar-refractivity contribution in [1.29, 1.82) is 0 Å². The highest BCUT2D eigenvalue weighted by molar-refractivity contribution is 7.92. The normalized spacial score (nSPS) is 11.2. The van der Waals surface area contributed by atoms with Crippen molar-refractivity contribution in [2.45, 2.75) is 0 Å². The van der Waals surface area contributed by atoms with E-state index in [0.717, 1.165) is 6.26 Å². The summed E-state index contributed by atoms with van der Waals surface area (Å²) in [6.45, 7) is 0. The molecule has 0 aliphatic heterocycles. The van der Waals surface area contributed by atoms with Crippen LogP contribution < -0.4 is 10.5 Å². The van der Waals surface area contributed by atoms with Crippen LogP contribution in [-0.4, -0.2) is 14.7 Å². The van der Waals surface area contributed by atoms with Crippen LogP contribution in [-0.2, 0) is 10.0 Å². The fraction of sp³-hybridized carbons (Fsp3) is 0.143. The van der Waals surface area contributed by atoms with Gasteiger partial charge < -0.3 is 5.73 Å². The molecule has 0 aliphatic carbocycles. The first kappa shape index (κ1) is 10.1. The van der Waals surface area contributed by atoms with Crippen molar-refractivity contribution in [2.75, 3.05) is 16.7 Å². The van der Waals surface area contributed by atoms with Crippen molar-refractivity contribution < 1.29 is 8.42 Å². The summed E-state index contributed by atoms with van der Waals surface area (Å²) in [6, 6.07) is 4.54. The molecule has 0 spiro atoms. The molecule has 13 heavy (non-hydrogen) atoms. The molecule has 0 unspecified atom stereocenters. The van der Waals surface area contributed by atoms with Gasteiger partial charge in [0.05, 0.1) is 22.7 Å². The van der Waals surface area contributed by atoms with Gasteiger partial charge in [0.25, 0.3) is 0 Å². The van der Waals surface area contributed by atoms with Crippen molar-refractivity contribution >= 4 is 33.0 Å². The van der Waals surface area contributed by atoms with Gasteiger partial charge in [-0.1, -0.05) is 11.6 Å². The summed E-state index contributed by atoms with van der Waals surface area (Å²) >= 11 is 5.68. The third-order valence-corrected chi connectivity index (χ3v) is 2.24. The molecule has 72 valence electrons. The SMILES string of the molecule is CS(=O)(=O)Nc1ccc(N)c(Cl)c1. The van der Waals surface area contributed by atoms with E-state index in [9.17, 15) is 8.42 Å². The van der Waals surface area contributed by atoms with Gasteiger partial charge in [0.2, 0.25) is 10.0 Å². The van der Waals surface area contributed by atoms with Gasteiger partial charge in [-0.2, -0.15) is 0 Å². The lowest BCUT2D eigenvalue weighted by atomic mass is 10.3. The summed E-state index contributed by atoms with van der Waals surface area (Å²) < 4.78 is 23.9. The molecule has 1 aromatic rings. The minimum atomic E-state index is -3.26. The summed E-state index contributed by atoms with van der Waals surface area (Å²) in [5, 5.41) is 0.327. The second kappa shape index (κ2) is 3.43. The summed E-state index contributed by atoms with van der Waals surface area (Å²) in [7, 11) is -3.26. The topological polar surface area (TPSA) is 72.2 Å². The monoisotopic (exact) mass is 220 g/mol. The van der Waals surface area contributed by atoms with E-state index in [4.69, 9.17) is 17.3 Å². The van der Waals surface area contributed by atoms with Crippen molar-refractivity contribution in [2.24, 2.45) is 0 Å². The Labute approximate surface area is 81.8 Å². The molecule has 0 aliphatic rings. The van der Waals surface area contributed by atoms with E-state index in [1.165, 1.54) is 12.1 Å². The van der Waals surface area contributed by atoms with Gasteiger partial charge >= 0.3 is 0 Å². The number of nitrogens with two attached hydrogens (primary N) is 1. The van der Waals surface area contributed by atoms with Gasteiger partial charge in [0, 0.05) is 0 Å². The van der Waals surface area contributed by atoms with E-state index in [1.807, 2.05) is 0 Å². The van der Waals surface area contributed by atoms with E-state index in [-0.39, 0.29) is 0 Å². The third kappa shape index (κ3) is 3.12. The second-order valence-corrected chi connectivity index (χ2v) is 4.77. The molecule has 3 N–H and O–H groups in total. The average molecular weight is 221 g/mol. The van der Waals surface area contributed by atoms with E-state index >= 15 is 0 Å². The largest absolute Gasteiger partial charge is 0.398 e. The lowest BCUT2D eigenvalue weighted by molar-refractivity contribution is 0.607. The van der Waals surface area contributed by atoms with Crippen LogP contribution in [0.15, 0.2) is 18.2 Å². The molecule has 0 atom stereocenters. The lowest BCUT2D eigenvalue weighted by Crippen LogP contribution is -2.09. The molecule has 0 radical (unpaired) electrons. The number of hydrogen-bond acceptors (Lipinski definition) is 3. The zero-order valence-corrected chi connectivity index (χ0v) is 8.48. The second-order valence-electron chi connectivity index (χ2n) is 2.61. The Balaban J connectivity index is 2.99. The van der Waals surface area contributed by atoms with Crippen molar-refractivity contribution in [3.05, 3.63) is 23.2 Å². The Kier molecular flexibility index (Phi) is 2.68. The molecule has 4 nitrogen and oxygen atoms in total. The number of nitrogens with one attached hydrogen (secondary N) is 1. The smallest absolute Gasteiger partial charge is 0.229 e. The van der Waals surface area contributed by atoms with Crippen LogP contribution in [0.25, 0.3) is 0 Å². The van der Waals surface area contributed by atoms with Crippen LogP contribution in [0.4, 0.5) is 11.4 Å². The van der Waals surface area contributed by atoms with Crippen LogP contribution in [0.2, 0.25) is 5.02 Å². The number of rotatable bonds is 2. The van der Waals surface area contributed by atoms with Crippen LogP contribution in [0, 0.1) is 0 Å². The summed E-state index contributed by atoms with van der Waals surface area (Å²) in [5.41, 5.74) is 6.26. The molecule has 0 bridgehead atoms. The molecule has 0 aromatic heterocycles. The summed E-state index contributed by atoms with van der Waals surface area (Å²) in [4.78, 5) is 0. The molecule has 0 amide bonds. The average Bonchev–Trinajstić information content (AvgIpc) is 1.94. The number of benzene rings is 1. The molecular formula is C7H9ClN2O2S. The molecule has 6 heteroatoms. The molecular weight excluding hydrogens is 212 g/mol. The van der Waals surface area contributed by atoms with E-state index in [2.05, 4.69) is 4.72 Å². The van der Waals surface area contributed by atoms with Gasteiger partial charge in [-0.3, -0.25) is 4.72 Å². The number of nitrogen functional groups attached to an aromatic ring is 1. The van der Waals surface area contributed by atoms with Crippen molar-refractivity contribution in [3.8, 4) is 0 Å². The maximum Gasteiger partial charge on any atom is 0.229 e. The highest BCUT2D eigenvalue weighted by atomic mass is 35.5. The van der Waals surface area contributed by atoms with Crippen molar-refractivity contribution in [3.63, 3.8) is 0 Å². The summed E-state index contributed by atoms with van der Waals surface area (Å²) in [5.74, 6) is 0. The highest BCUT2D eigenvalue weighted by Crippen LogP contribution is 2.22. The van der Waals surface area contributed by atoms with Crippen LogP contribution >= 0.6 is 11.6 Å². The lowest BCUT2D eigenvalue weighted by Gasteiger charge is -2.04. The Morgan fingerprint density at radius 1 is 1.46 bits per heavy atom. The molecule has 0 saturated carbocycles. The molecule has 0 saturated heterocycles. The number of hydrogen-bond donors (Lipinski definition) is 2. The first-order valence-electron chi connectivity index (χ1n) is 3.41. The molecule has 1 aromatic carbocycles. The van der Waals surface area contributed by atoms with Crippen LogP contribution in [0.1, 0.15) is 0 Å². The first-order valence-corrected chi connectivity index (χ1v) is 5.68.